The number of morpholine rings is 1. The summed E-state index contributed by atoms with van der Waals surface area (Å²) >= 11 is 3.41. The molecule has 1 saturated heterocycles. The first-order valence-corrected chi connectivity index (χ1v) is 10.7. The lowest BCUT2D eigenvalue weighted by atomic mass is 10.3. The predicted octanol–water partition coefficient (Wildman–Crippen LogP) is 2.28. The van der Waals surface area contributed by atoms with Crippen molar-refractivity contribution < 1.29 is 9.53 Å². The molecule has 2 aromatic heterocycles. The first-order chi connectivity index (χ1) is 15.1. The van der Waals surface area contributed by atoms with Crippen molar-refractivity contribution in [2.75, 3.05) is 36.5 Å². The number of benzene rings is 2. The molecule has 5 rings (SSSR count). The van der Waals surface area contributed by atoms with Crippen LogP contribution in [0.15, 0.2) is 57.8 Å². The molecular weight excluding hydrogens is 464 g/mol. The smallest absolute Gasteiger partial charge is 0.351 e. The van der Waals surface area contributed by atoms with E-state index in [4.69, 9.17) is 9.72 Å². The van der Waals surface area contributed by atoms with Crippen LogP contribution in [0.1, 0.15) is 0 Å². The fraction of sp³-hybridized carbons (Fsp3) is 0.238. The van der Waals surface area contributed by atoms with Crippen LogP contribution in [0, 0.1) is 0 Å². The zero-order valence-electron chi connectivity index (χ0n) is 16.5. The average Bonchev–Trinajstić information content (AvgIpc) is 3.11. The monoisotopic (exact) mass is 482 g/mol. The fourth-order valence-electron chi connectivity index (χ4n) is 3.66. The van der Waals surface area contributed by atoms with Gasteiger partial charge in [-0.2, -0.15) is 0 Å². The third-order valence-corrected chi connectivity index (χ3v) is 5.83. The summed E-state index contributed by atoms with van der Waals surface area (Å²) < 4.78 is 8.91. The van der Waals surface area contributed by atoms with Gasteiger partial charge in [0, 0.05) is 17.6 Å². The highest BCUT2D eigenvalue weighted by molar-refractivity contribution is 9.10. The second-order valence-electron chi connectivity index (χ2n) is 7.15. The van der Waals surface area contributed by atoms with Crippen molar-refractivity contribution in [1.82, 2.24) is 19.2 Å². The van der Waals surface area contributed by atoms with Crippen molar-refractivity contribution in [3.63, 3.8) is 0 Å². The summed E-state index contributed by atoms with van der Waals surface area (Å²) in [6.45, 7) is 2.27. The minimum atomic E-state index is -0.384. The molecule has 10 heteroatoms. The highest BCUT2D eigenvalue weighted by Gasteiger charge is 2.22. The van der Waals surface area contributed by atoms with Crippen molar-refractivity contribution in [3.05, 3.63) is 63.5 Å². The molecule has 2 aromatic carbocycles. The molecule has 0 atom stereocenters. The Morgan fingerprint density at radius 3 is 2.65 bits per heavy atom. The Labute approximate surface area is 185 Å². The summed E-state index contributed by atoms with van der Waals surface area (Å²) in [4.78, 5) is 32.7. The number of nitrogens with one attached hydrogen (secondary N) is 1. The molecule has 0 bridgehead atoms. The Kier molecular flexibility index (Phi) is 5.16. The van der Waals surface area contributed by atoms with Gasteiger partial charge in [-0.3, -0.25) is 4.79 Å². The standard InChI is InChI=1S/C21H19BrN6O3/c22-14-5-1-2-6-15(14)23-18(29)13-27-21(30)28-17-8-4-3-7-16(17)24-19(20(28)25-27)26-9-11-31-12-10-26/h1-8H,9-13H2,(H,23,29). The number of nitrogens with zero attached hydrogens (tertiary/aromatic N) is 5. The van der Waals surface area contributed by atoms with Gasteiger partial charge in [0.25, 0.3) is 0 Å². The summed E-state index contributed by atoms with van der Waals surface area (Å²) in [5, 5.41) is 7.30. The van der Waals surface area contributed by atoms with Gasteiger partial charge in [0.2, 0.25) is 11.6 Å². The number of hydrogen-bond donors (Lipinski definition) is 1. The van der Waals surface area contributed by atoms with Gasteiger partial charge in [0.05, 0.1) is 29.9 Å². The Morgan fingerprint density at radius 2 is 1.84 bits per heavy atom. The molecule has 31 heavy (non-hydrogen) atoms. The maximum absolute atomic E-state index is 13.2. The number of carbonyl (C=O) groups excluding carboxylic acids is 1. The van der Waals surface area contributed by atoms with E-state index < -0.39 is 0 Å². The fourth-order valence-corrected chi connectivity index (χ4v) is 4.04. The number of aromatic nitrogens is 4. The zero-order chi connectivity index (χ0) is 21.4. The van der Waals surface area contributed by atoms with E-state index in [2.05, 4.69) is 31.2 Å². The van der Waals surface area contributed by atoms with Crippen LogP contribution in [0.5, 0.6) is 0 Å². The van der Waals surface area contributed by atoms with Gasteiger partial charge in [-0.05, 0) is 40.2 Å². The van der Waals surface area contributed by atoms with Crippen molar-refractivity contribution in [2.24, 2.45) is 0 Å². The molecule has 0 saturated carbocycles. The van der Waals surface area contributed by atoms with Crippen molar-refractivity contribution >= 4 is 50.0 Å². The SMILES string of the molecule is O=C(Cn1nc2c(N3CCOCC3)nc3ccccc3n2c1=O)Nc1ccccc1Br. The minimum Gasteiger partial charge on any atom is -0.378 e. The second kappa shape index (κ2) is 8.12. The second-order valence-corrected chi connectivity index (χ2v) is 8.01. The van der Waals surface area contributed by atoms with E-state index in [1.807, 2.05) is 42.5 Å². The molecule has 9 nitrogen and oxygen atoms in total. The van der Waals surface area contributed by atoms with Gasteiger partial charge in [0.1, 0.15) is 6.54 Å². The van der Waals surface area contributed by atoms with Crippen LogP contribution in [0.4, 0.5) is 11.5 Å². The van der Waals surface area contributed by atoms with E-state index in [1.165, 1.54) is 9.08 Å². The topological polar surface area (TPSA) is 93.8 Å². The lowest BCUT2D eigenvalue weighted by Gasteiger charge is -2.27. The number of anilines is 2. The molecule has 0 unspecified atom stereocenters. The summed E-state index contributed by atoms with van der Waals surface area (Å²) in [6.07, 6.45) is 0. The van der Waals surface area contributed by atoms with Crippen molar-refractivity contribution in [1.29, 1.82) is 0 Å². The van der Waals surface area contributed by atoms with Gasteiger partial charge in [-0.15, -0.1) is 5.10 Å². The maximum atomic E-state index is 13.2. The van der Waals surface area contributed by atoms with Crippen LogP contribution < -0.4 is 15.9 Å². The van der Waals surface area contributed by atoms with Gasteiger partial charge < -0.3 is 15.0 Å². The maximum Gasteiger partial charge on any atom is 0.351 e. The Hall–Kier alpha value is -3.24. The number of ether oxygens (including phenoxy) is 1. The molecule has 1 fully saturated rings. The van der Waals surface area contributed by atoms with E-state index in [9.17, 15) is 9.59 Å². The van der Waals surface area contributed by atoms with Crippen LogP contribution in [0.2, 0.25) is 0 Å². The molecule has 3 heterocycles. The van der Waals surface area contributed by atoms with E-state index in [-0.39, 0.29) is 18.1 Å². The first kappa shape index (κ1) is 19.7. The number of rotatable bonds is 4. The summed E-state index contributed by atoms with van der Waals surface area (Å²) in [6, 6.07) is 14.7. The van der Waals surface area contributed by atoms with E-state index in [1.54, 1.807) is 6.07 Å². The summed E-state index contributed by atoms with van der Waals surface area (Å²) in [7, 11) is 0. The largest absolute Gasteiger partial charge is 0.378 e. The first-order valence-electron chi connectivity index (χ1n) is 9.87. The normalized spacial score (nSPS) is 14.3. The highest BCUT2D eigenvalue weighted by atomic mass is 79.9. The number of fused-ring (bicyclic) bond motifs is 3. The van der Waals surface area contributed by atoms with Gasteiger partial charge >= 0.3 is 5.69 Å². The molecule has 0 spiro atoms. The third-order valence-electron chi connectivity index (χ3n) is 5.14. The lowest BCUT2D eigenvalue weighted by Crippen LogP contribution is -2.37. The van der Waals surface area contributed by atoms with Crippen LogP contribution in [-0.2, 0) is 16.1 Å². The van der Waals surface area contributed by atoms with Crippen molar-refractivity contribution in [3.8, 4) is 0 Å². The molecule has 1 aliphatic heterocycles. The highest BCUT2D eigenvalue weighted by Crippen LogP contribution is 2.23. The molecular formula is C21H19BrN6O3. The Balaban J connectivity index is 1.57. The van der Waals surface area contributed by atoms with E-state index in [0.29, 0.717) is 54.5 Å². The van der Waals surface area contributed by atoms with E-state index in [0.717, 1.165) is 4.47 Å². The molecule has 1 aliphatic rings. The minimum absolute atomic E-state index is 0.210. The zero-order valence-corrected chi connectivity index (χ0v) is 18.1. The number of hydrogen-bond acceptors (Lipinski definition) is 6. The molecule has 0 aliphatic carbocycles. The van der Waals surface area contributed by atoms with E-state index >= 15 is 0 Å². The Morgan fingerprint density at radius 1 is 1.10 bits per heavy atom. The molecule has 0 radical (unpaired) electrons. The van der Waals surface area contributed by atoms with Crippen LogP contribution >= 0.6 is 15.9 Å². The summed E-state index contributed by atoms with van der Waals surface area (Å²) in [5.41, 5.74) is 2.02. The van der Waals surface area contributed by atoms with Gasteiger partial charge in [-0.1, -0.05) is 24.3 Å². The van der Waals surface area contributed by atoms with Gasteiger partial charge in [-0.25, -0.2) is 18.9 Å². The summed E-state index contributed by atoms with van der Waals surface area (Å²) in [5.74, 6) is 0.270. The van der Waals surface area contributed by atoms with Crippen LogP contribution in [-0.4, -0.2) is 51.4 Å². The number of halogens is 1. The average molecular weight is 483 g/mol. The number of carbonyl (C=O) groups is 1. The molecule has 1 amide bonds. The number of para-hydroxylation sites is 3. The Bertz CT molecular complexity index is 1340. The van der Waals surface area contributed by atoms with Gasteiger partial charge in [0.15, 0.2) is 5.82 Å². The third kappa shape index (κ3) is 3.68. The lowest BCUT2D eigenvalue weighted by molar-refractivity contribution is -0.117. The molecule has 158 valence electrons. The van der Waals surface area contributed by atoms with Crippen LogP contribution in [0.3, 0.4) is 0 Å². The number of amides is 1. The van der Waals surface area contributed by atoms with Crippen LogP contribution in [0.25, 0.3) is 16.7 Å². The molecule has 4 aromatic rings. The van der Waals surface area contributed by atoms with Crippen molar-refractivity contribution in [2.45, 2.75) is 6.54 Å². The molecule has 1 N–H and O–H groups in total. The quantitative estimate of drug-likeness (QED) is 0.479. The predicted molar refractivity (Wildman–Crippen MR) is 121 cm³/mol.